The van der Waals surface area contributed by atoms with E-state index >= 15 is 0 Å². The Morgan fingerprint density at radius 3 is 3.00 bits per heavy atom. The fraction of sp³-hybridized carbons (Fsp3) is 0.467. The standard InChI is InChI=1S/C15H20N4OS/c1-10-17-13-3-2-12(8-14(13)21-10)18-15(20)9-19-6-4-11(16)5-7-19/h2-3,8,11H,4-7,9,16H2,1H3,(H,18,20). The molecule has 1 saturated heterocycles. The highest BCUT2D eigenvalue weighted by Crippen LogP contribution is 2.24. The molecular weight excluding hydrogens is 284 g/mol. The van der Waals surface area contributed by atoms with Crippen LogP contribution in [0.1, 0.15) is 17.8 Å². The van der Waals surface area contributed by atoms with Crippen LogP contribution in [0.2, 0.25) is 0 Å². The maximum absolute atomic E-state index is 12.1. The Hall–Kier alpha value is -1.50. The largest absolute Gasteiger partial charge is 0.328 e. The molecule has 112 valence electrons. The van der Waals surface area contributed by atoms with E-state index in [1.54, 1.807) is 11.3 Å². The van der Waals surface area contributed by atoms with Crippen molar-refractivity contribution in [1.82, 2.24) is 9.88 Å². The highest BCUT2D eigenvalue weighted by Gasteiger charge is 2.18. The molecule has 3 rings (SSSR count). The van der Waals surface area contributed by atoms with Crippen molar-refractivity contribution in [3.8, 4) is 0 Å². The van der Waals surface area contributed by atoms with Crippen molar-refractivity contribution >= 4 is 33.1 Å². The number of nitrogens with one attached hydrogen (secondary N) is 1. The number of amides is 1. The van der Waals surface area contributed by atoms with Gasteiger partial charge in [-0.3, -0.25) is 9.69 Å². The fourth-order valence-corrected chi connectivity index (χ4v) is 3.50. The number of aromatic nitrogens is 1. The number of hydrogen-bond donors (Lipinski definition) is 2. The SMILES string of the molecule is Cc1nc2ccc(NC(=O)CN3CCC(N)CC3)cc2s1. The van der Waals surface area contributed by atoms with Gasteiger partial charge in [0.25, 0.3) is 0 Å². The number of carbonyl (C=O) groups is 1. The van der Waals surface area contributed by atoms with Crippen molar-refractivity contribution in [2.24, 2.45) is 5.73 Å². The molecule has 0 radical (unpaired) electrons. The summed E-state index contributed by atoms with van der Waals surface area (Å²) in [5, 5.41) is 4.01. The number of likely N-dealkylation sites (tertiary alicyclic amines) is 1. The number of aryl methyl sites for hydroxylation is 1. The average Bonchev–Trinajstić information content (AvgIpc) is 2.80. The molecule has 0 spiro atoms. The van der Waals surface area contributed by atoms with E-state index in [-0.39, 0.29) is 5.91 Å². The first kappa shape index (κ1) is 14.4. The van der Waals surface area contributed by atoms with Crippen LogP contribution in [-0.2, 0) is 4.79 Å². The Kier molecular flexibility index (Phi) is 4.19. The Bertz CT molecular complexity index is 646. The molecule has 5 nitrogen and oxygen atoms in total. The molecule has 2 aromatic rings. The molecule has 21 heavy (non-hydrogen) atoms. The summed E-state index contributed by atoms with van der Waals surface area (Å²) in [6.07, 6.45) is 1.94. The minimum Gasteiger partial charge on any atom is -0.328 e. The summed E-state index contributed by atoms with van der Waals surface area (Å²) in [5.74, 6) is 0.0334. The van der Waals surface area contributed by atoms with Gasteiger partial charge in [0.2, 0.25) is 5.91 Å². The van der Waals surface area contributed by atoms with Crippen LogP contribution in [0, 0.1) is 6.92 Å². The van der Waals surface area contributed by atoms with Crippen molar-refractivity contribution in [2.75, 3.05) is 25.0 Å². The highest BCUT2D eigenvalue weighted by atomic mass is 32.1. The van der Waals surface area contributed by atoms with Gasteiger partial charge in [-0.25, -0.2) is 4.98 Å². The van der Waals surface area contributed by atoms with E-state index in [9.17, 15) is 4.79 Å². The zero-order valence-corrected chi connectivity index (χ0v) is 12.9. The molecule has 1 amide bonds. The van der Waals surface area contributed by atoms with Gasteiger partial charge in [0, 0.05) is 24.8 Å². The number of anilines is 1. The van der Waals surface area contributed by atoms with E-state index in [0.717, 1.165) is 46.8 Å². The van der Waals surface area contributed by atoms with Crippen LogP contribution >= 0.6 is 11.3 Å². The van der Waals surface area contributed by atoms with Crippen LogP contribution in [0.25, 0.3) is 10.2 Å². The summed E-state index contributed by atoms with van der Waals surface area (Å²) in [6, 6.07) is 6.14. The van der Waals surface area contributed by atoms with E-state index < -0.39 is 0 Å². The number of fused-ring (bicyclic) bond motifs is 1. The number of hydrogen-bond acceptors (Lipinski definition) is 5. The van der Waals surface area contributed by atoms with E-state index in [1.807, 2.05) is 25.1 Å². The number of nitrogens with zero attached hydrogens (tertiary/aromatic N) is 2. The van der Waals surface area contributed by atoms with E-state index in [2.05, 4.69) is 15.2 Å². The molecule has 0 bridgehead atoms. The van der Waals surface area contributed by atoms with Crippen molar-refractivity contribution in [2.45, 2.75) is 25.8 Å². The molecule has 2 heterocycles. The van der Waals surface area contributed by atoms with Crippen molar-refractivity contribution in [1.29, 1.82) is 0 Å². The average molecular weight is 304 g/mol. The van der Waals surface area contributed by atoms with E-state index in [1.165, 1.54) is 0 Å². The molecular formula is C15H20N4OS. The summed E-state index contributed by atoms with van der Waals surface area (Å²) in [5.41, 5.74) is 7.70. The minimum absolute atomic E-state index is 0.0334. The van der Waals surface area contributed by atoms with Crippen molar-refractivity contribution in [3.63, 3.8) is 0 Å². The summed E-state index contributed by atoms with van der Waals surface area (Å²) >= 11 is 1.64. The molecule has 0 aliphatic carbocycles. The third-order valence-electron chi connectivity index (χ3n) is 3.78. The first-order valence-corrected chi connectivity index (χ1v) is 8.07. The van der Waals surface area contributed by atoms with Crippen molar-refractivity contribution in [3.05, 3.63) is 23.2 Å². The number of benzene rings is 1. The van der Waals surface area contributed by atoms with Crippen LogP contribution in [-0.4, -0.2) is 41.5 Å². The molecule has 0 unspecified atom stereocenters. The molecule has 1 aliphatic heterocycles. The maximum Gasteiger partial charge on any atom is 0.238 e. The second-order valence-electron chi connectivity index (χ2n) is 5.58. The van der Waals surface area contributed by atoms with Crippen molar-refractivity contribution < 1.29 is 4.79 Å². The molecule has 1 fully saturated rings. The van der Waals surface area contributed by atoms with Crippen LogP contribution in [0.3, 0.4) is 0 Å². The lowest BCUT2D eigenvalue weighted by atomic mass is 10.1. The number of carbonyl (C=O) groups excluding carboxylic acids is 1. The van der Waals surface area contributed by atoms with Gasteiger partial charge < -0.3 is 11.1 Å². The predicted molar refractivity (Wildman–Crippen MR) is 86.6 cm³/mol. The van der Waals surface area contributed by atoms with Crippen LogP contribution < -0.4 is 11.1 Å². The number of rotatable bonds is 3. The van der Waals surface area contributed by atoms with Crippen LogP contribution in [0.5, 0.6) is 0 Å². The second-order valence-corrected chi connectivity index (χ2v) is 6.81. The second kappa shape index (κ2) is 6.09. The minimum atomic E-state index is 0.0334. The van der Waals surface area contributed by atoms with Gasteiger partial charge in [-0.1, -0.05) is 0 Å². The van der Waals surface area contributed by atoms with E-state index in [4.69, 9.17) is 5.73 Å². The monoisotopic (exact) mass is 304 g/mol. The maximum atomic E-state index is 12.1. The quantitative estimate of drug-likeness (QED) is 0.909. The fourth-order valence-electron chi connectivity index (χ4n) is 2.63. The molecule has 0 atom stereocenters. The third kappa shape index (κ3) is 3.58. The van der Waals surface area contributed by atoms with Gasteiger partial charge in [-0.05, 0) is 38.0 Å². The van der Waals surface area contributed by atoms with Gasteiger partial charge in [0.1, 0.15) is 0 Å². The van der Waals surface area contributed by atoms with Gasteiger partial charge in [-0.2, -0.15) is 0 Å². The Balaban J connectivity index is 1.60. The topological polar surface area (TPSA) is 71.2 Å². The number of thiazole rings is 1. The number of piperidine rings is 1. The Labute approximate surface area is 128 Å². The van der Waals surface area contributed by atoms with Gasteiger partial charge >= 0.3 is 0 Å². The Morgan fingerprint density at radius 1 is 1.48 bits per heavy atom. The molecule has 6 heteroatoms. The lowest BCUT2D eigenvalue weighted by molar-refractivity contribution is -0.117. The van der Waals surface area contributed by atoms with Gasteiger partial charge in [0.05, 0.1) is 21.8 Å². The molecule has 3 N–H and O–H groups in total. The summed E-state index contributed by atoms with van der Waals surface area (Å²) < 4.78 is 1.11. The van der Waals surface area contributed by atoms with Gasteiger partial charge in [-0.15, -0.1) is 11.3 Å². The third-order valence-corrected chi connectivity index (χ3v) is 4.71. The first-order chi connectivity index (χ1) is 10.1. The lowest BCUT2D eigenvalue weighted by Crippen LogP contribution is -2.43. The molecule has 1 aromatic heterocycles. The normalized spacial score (nSPS) is 17.2. The van der Waals surface area contributed by atoms with E-state index in [0.29, 0.717) is 12.6 Å². The zero-order chi connectivity index (χ0) is 14.8. The summed E-state index contributed by atoms with van der Waals surface area (Å²) in [4.78, 5) is 18.7. The summed E-state index contributed by atoms with van der Waals surface area (Å²) in [7, 11) is 0. The van der Waals surface area contributed by atoms with Gasteiger partial charge in [0.15, 0.2) is 0 Å². The number of nitrogens with two attached hydrogens (primary N) is 1. The first-order valence-electron chi connectivity index (χ1n) is 7.25. The molecule has 0 saturated carbocycles. The smallest absolute Gasteiger partial charge is 0.238 e. The summed E-state index contributed by atoms with van der Waals surface area (Å²) in [6.45, 7) is 4.24. The molecule has 1 aromatic carbocycles. The van der Waals surface area contributed by atoms with Crippen LogP contribution in [0.4, 0.5) is 5.69 Å². The predicted octanol–water partition coefficient (Wildman–Crippen LogP) is 1.97. The van der Waals surface area contributed by atoms with Crippen LogP contribution in [0.15, 0.2) is 18.2 Å². The molecule has 1 aliphatic rings. The Morgan fingerprint density at radius 2 is 2.24 bits per heavy atom. The highest BCUT2D eigenvalue weighted by molar-refractivity contribution is 7.18. The lowest BCUT2D eigenvalue weighted by Gasteiger charge is -2.29. The zero-order valence-electron chi connectivity index (χ0n) is 12.1.